The minimum atomic E-state index is -0.245. The molecule has 0 saturated carbocycles. The fourth-order valence-electron chi connectivity index (χ4n) is 3.97. The SMILES string of the molecule is N#Cc1ccc(N2CCOCC2)cc1-n1nc(-c2ccccc2)c2ccccc2c1=O. The topological polar surface area (TPSA) is 71.2 Å². The summed E-state index contributed by atoms with van der Waals surface area (Å²) in [4.78, 5) is 15.6. The number of hydrogen-bond donors (Lipinski definition) is 0. The third-order valence-corrected chi connectivity index (χ3v) is 5.56. The second-order valence-electron chi connectivity index (χ2n) is 7.39. The molecule has 31 heavy (non-hydrogen) atoms. The highest BCUT2D eigenvalue weighted by Crippen LogP contribution is 2.27. The lowest BCUT2D eigenvalue weighted by Crippen LogP contribution is -2.36. The van der Waals surface area contributed by atoms with Gasteiger partial charge in [-0.2, -0.15) is 15.0 Å². The molecule has 1 fully saturated rings. The highest BCUT2D eigenvalue weighted by Gasteiger charge is 2.18. The molecule has 0 atom stereocenters. The van der Waals surface area contributed by atoms with Crippen LogP contribution < -0.4 is 10.5 Å². The summed E-state index contributed by atoms with van der Waals surface area (Å²) >= 11 is 0. The number of fused-ring (bicyclic) bond motifs is 1. The van der Waals surface area contributed by atoms with Crippen molar-refractivity contribution in [2.45, 2.75) is 0 Å². The standard InChI is InChI=1S/C25H20N4O2/c26-17-19-10-11-20(28-12-14-31-15-13-28)16-23(19)29-25(30)22-9-5-4-8-21(22)24(27-29)18-6-2-1-3-7-18/h1-11,16H,12-15H2. The molecule has 0 N–H and O–H groups in total. The van der Waals surface area contributed by atoms with Gasteiger partial charge in [-0.1, -0.05) is 48.5 Å². The van der Waals surface area contributed by atoms with E-state index in [4.69, 9.17) is 9.84 Å². The first kappa shape index (κ1) is 19.0. The van der Waals surface area contributed by atoms with Crippen molar-refractivity contribution in [2.75, 3.05) is 31.2 Å². The van der Waals surface area contributed by atoms with E-state index in [0.717, 1.165) is 29.7 Å². The van der Waals surface area contributed by atoms with Crippen LogP contribution in [0.5, 0.6) is 0 Å². The van der Waals surface area contributed by atoms with Crippen molar-refractivity contribution in [3.63, 3.8) is 0 Å². The van der Waals surface area contributed by atoms with E-state index in [1.54, 1.807) is 12.1 Å². The summed E-state index contributed by atoms with van der Waals surface area (Å²) in [5.74, 6) is 0. The molecule has 2 heterocycles. The number of ether oxygens (including phenoxy) is 1. The van der Waals surface area contributed by atoms with E-state index in [1.807, 2.05) is 60.7 Å². The lowest BCUT2D eigenvalue weighted by molar-refractivity contribution is 0.122. The van der Waals surface area contributed by atoms with Crippen molar-refractivity contribution >= 4 is 16.5 Å². The molecule has 4 aromatic rings. The van der Waals surface area contributed by atoms with E-state index in [0.29, 0.717) is 35.5 Å². The summed E-state index contributed by atoms with van der Waals surface area (Å²) in [5.41, 5.74) is 3.21. The molecule has 6 heteroatoms. The zero-order valence-electron chi connectivity index (χ0n) is 16.9. The summed E-state index contributed by atoms with van der Waals surface area (Å²) in [7, 11) is 0. The molecule has 5 rings (SSSR count). The van der Waals surface area contributed by atoms with Crippen molar-refractivity contribution < 1.29 is 4.74 Å². The van der Waals surface area contributed by atoms with Gasteiger partial charge in [0.05, 0.1) is 35.5 Å². The average molecular weight is 408 g/mol. The molecule has 6 nitrogen and oxygen atoms in total. The number of nitriles is 1. The third kappa shape index (κ3) is 3.45. The van der Waals surface area contributed by atoms with Crippen molar-refractivity contribution in [1.29, 1.82) is 5.26 Å². The highest BCUT2D eigenvalue weighted by molar-refractivity contribution is 5.94. The Morgan fingerprint density at radius 3 is 2.35 bits per heavy atom. The maximum absolute atomic E-state index is 13.4. The molecule has 0 aliphatic carbocycles. The van der Waals surface area contributed by atoms with Crippen molar-refractivity contribution in [3.05, 3.63) is 88.7 Å². The van der Waals surface area contributed by atoms with E-state index in [1.165, 1.54) is 4.68 Å². The zero-order chi connectivity index (χ0) is 21.2. The molecular weight excluding hydrogens is 388 g/mol. The molecule has 1 saturated heterocycles. The van der Waals surface area contributed by atoms with E-state index in [9.17, 15) is 10.1 Å². The van der Waals surface area contributed by atoms with Crippen molar-refractivity contribution in [3.8, 4) is 23.0 Å². The maximum Gasteiger partial charge on any atom is 0.279 e. The van der Waals surface area contributed by atoms with Gasteiger partial charge in [0.25, 0.3) is 5.56 Å². The summed E-state index contributed by atoms with van der Waals surface area (Å²) in [5, 5.41) is 15.8. The summed E-state index contributed by atoms with van der Waals surface area (Å²) < 4.78 is 6.82. The molecule has 152 valence electrons. The molecule has 0 amide bonds. The van der Waals surface area contributed by atoms with Gasteiger partial charge in [-0.25, -0.2) is 0 Å². The zero-order valence-corrected chi connectivity index (χ0v) is 16.9. The first-order chi connectivity index (χ1) is 15.3. The number of anilines is 1. The fraction of sp³-hybridized carbons (Fsp3) is 0.160. The fourth-order valence-corrected chi connectivity index (χ4v) is 3.97. The molecule has 1 aliphatic heterocycles. The Balaban J connectivity index is 1.76. The maximum atomic E-state index is 13.4. The molecule has 0 bridgehead atoms. The van der Waals surface area contributed by atoms with Crippen LogP contribution in [0.1, 0.15) is 5.56 Å². The number of morpholine rings is 1. The second-order valence-corrected chi connectivity index (χ2v) is 7.39. The van der Waals surface area contributed by atoms with Gasteiger partial charge in [0.15, 0.2) is 0 Å². The molecule has 0 radical (unpaired) electrons. The Morgan fingerprint density at radius 1 is 0.903 bits per heavy atom. The van der Waals surface area contributed by atoms with E-state index >= 15 is 0 Å². The van der Waals surface area contributed by atoms with Crippen LogP contribution in [0.15, 0.2) is 77.6 Å². The van der Waals surface area contributed by atoms with Crippen LogP contribution >= 0.6 is 0 Å². The van der Waals surface area contributed by atoms with Gasteiger partial charge < -0.3 is 9.64 Å². The quantitative estimate of drug-likeness (QED) is 0.516. The molecule has 0 spiro atoms. The number of nitrogens with zero attached hydrogens (tertiary/aromatic N) is 4. The highest BCUT2D eigenvalue weighted by atomic mass is 16.5. The van der Waals surface area contributed by atoms with E-state index in [2.05, 4.69) is 11.0 Å². The Labute approximate surface area is 179 Å². The smallest absolute Gasteiger partial charge is 0.279 e. The summed E-state index contributed by atoms with van der Waals surface area (Å²) in [6, 6.07) is 25.0. The van der Waals surface area contributed by atoms with E-state index < -0.39 is 0 Å². The molecular formula is C25H20N4O2. The lowest BCUT2D eigenvalue weighted by Gasteiger charge is -2.29. The minimum absolute atomic E-state index is 0.245. The van der Waals surface area contributed by atoms with Crippen LogP contribution in [0.3, 0.4) is 0 Å². The van der Waals surface area contributed by atoms with Gasteiger partial charge >= 0.3 is 0 Å². The van der Waals surface area contributed by atoms with Crippen LogP contribution in [0, 0.1) is 11.3 Å². The summed E-state index contributed by atoms with van der Waals surface area (Å²) in [6.45, 7) is 2.84. The first-order valence-electron chi connectivity index (χ1n) is 10.2. The van der Waals surface area contributed by atoms with Gasteiger partial charge in [0.1, 0.15) is 6.07 Å². The second kappa shape index (κ2) is 8.05. The first-order valence-corrected chi connectivity index (χ1v) is 10.2. The largest absolute Gasteiger partial charge is 0.378 e. The number of rotatable bonds is 3. The number of hydrogen-bond acceptors (Lipinski definition) is 5. The third-order valence-electron chi connectivity index (χ3n) is 5.56. The minimum Gasteiger partial charge on any atom is -0.378 e. The van der Waals surface area contributed by atoms with Crippen LogP contribution in [0.25, 0.3) is 27.7 Å². The number of benzene rings is 3. The van der Waals surface area contributed by atoms with Crippen molar-refractivity contribution in [1.82, 2.24) is 9.78 Å². The van der Waals surface area contributed by atoms with Crippen LogP contribution in [-0.2, 0) is 4.74 Å². The lowest BCUT2D eigenvalue weighted by atomic mass is 10.0. The van der Waals surface area contributed by atoms with Gasteiger partial charge in [-0.05, 0) is 24.3 Å². The monoisotopic (exact) mass is 408 g/mol. The molecule has 0 unspecified atom stereocenters. The Kier molecular flexibility index (Phi) is 4.95. The van der Waals surface area contributed by atoms with Crippen LogP contribution in [0.2, 0.25) is 0 Å². The number of aromatic nitrogens is 2. The van der Waals surface area contributed by atoms with Crippen molar-refractivity contribution in [2.24, 2.45) is 0 Å². The molecule has 1 aliphatic rings. The van der Waals surface area contributed by atoms with Crippen LogP contribution in [-0.4, -0.2) is 36.1 Å². The van der Waals surface area contributed by atoms with Gasteiger partial charge in [-0.3, -0.25) is 4.79 Å². The van der Waals surface area contributed by atoms with Gasteiger partial charge in [0, 0.05) is 29.7 Å². The van der Waals surface area contributed by atoms with Crippen LogP contribution in [0.4, 0.5) is 5.69 Å². The summed E-state index contributed by atoms with van der Waals surface area (Å²) in [6.07, 6.45) is 0. The van der Waals surface area contributed by atoms with E-state index in [-0.39, 0.29) is 5.56 Å². The molecule has 1 aromatic heterocycles. The molecule has 3 aromatic carbocycles. The Bertz CT molecular complexity index is 1350. The van der Waals surface area contributed by atoms with Gasteiger partial charge in [-0.15, -0.1) is 0 Å². The Morgan fingerprint density at radius 2 is 1.61 bits per heavy atom. The normalized spacial score (nSPS) is 13.8. The predicted molar refractivity (Wildman–Crippen MR) is 121 cm³/mol. The Hall–Kier alpha value is -3.95. The van der Waals surface area contributed by atoms with Gasteiger partial charge in [0.2, 0.25) is 0 Å². The predicted octanol–water partition coefficient (Wildman–Crippen LogP) is 3.76. The average Bonchev–Trinajstić information content (AvgIpc) is 2.85.